The molecule has 1 amide bonds. The molecular weight excluding hydrogens is 334 g/mol. The van der Waals surface area contributed by atoms with Crippen LogP contribution >= 0.6 is 0 Å². The first-order chi connectivity index (χ1) is 12.4. The molecule has 0 fully saturated rings. The second-order valence-corrected chi connectivity index (χ2v) is 6.47. The van der Waals surface area contributed by atoms with Crippen LogP contribution in [0.1, 0.15) is 45.6 Å². The third-order valence-electron chi connectivity index (χ3n) is 3.69. The molecule has 0 aliphatic heterocycles. The highest BCUT2D eigenvalue weighted by atomic mass is 16.5. The van der Waals surface area contributed by atoms with Crippen molar-refractivity contribution in [2.24, 2.45) is 5.92 Å². The average molecular weight is 363 g/mol. The van der Waals surface area contributed by atoms with Gasteiger partial charge in [-0.25, -0.2) is 4.79 Å². The van der Waals surface area contributed by atoms with Gasteiger partial charge in [0.25, 0.3) is 0 Å². The smallest absolute Gasteiger partial charge is 0.326 e. The summed E-state index contributed by atoms with van der Waals surface area (Å²) >= 11 is 0. The summed E-state index contributed by atoms with van der Waals surface area (Å²) in [6.45, 7) is 6.54. The number of hydrogen-bond donors (Lipinski definition) is 2. The minimum atomic E-state index is -1.03. The Balaban J connectivity index is 2.74. The van der Waals surface area contributed by atoms with Crippen LogP contribution < -0.4 is 14.8 Å². The molecule has 26 heavy (non-hydrogen) atoms. The summed E-state index contributed by atoms with van der Waals surface area (Å²) in [5.74, 6) is -0.0572. The van der Waals surface area contributed by atoms with E-state index in [9.17, 15) is 14.7 Å². The van der Waals surface area contributed by atoms with Gasteiger partial charge < -0.3 is 19.9 Å². The Hall–Kier alpha value is -2.50. The van der Waals surface area contributed by atoms with E-state index in [-0.39, 0.29) is 5.92 Å². The van der Waals surface area contributed by atoms with Gasteiger partial charge in [-0.2, -0.15) is 0 Å². The Kier molecular flexibility index (Phi) is 9.26. The molecule has 1 aromatic rings. The third-order valence-corrected chi connectivity index (χ3v) is 3.69. The number of rotatable bonds is 11. The van der Waals surface area contributed by atoms with Gasteiger partial charge in [0.05, 0.1) is 13.7 Å². The maximum atomic E-state index is 12.0. The van der Waals surface area contributed by atoms with E-state index in [1.165, 1.54) is 6.08 Å². The molecule has 1 atom stereocenters. The minimum absolute atomic E-state index is 0.171. The van der Waals surface area contributed by atoms with Crippen molar-refractivity contribution in [3.8, 4) is 11.5 Å². The molecule has 6 heteroatoms. The molecular formula is C20H29NO5. The quantitative estimate of drug-likeness (QED) is 0.464. The van der Waals surface area contributed by atoms with Crippen molar-refractivity contribution >= 4 is 18.0 Å². The molecule has 144 valence electrons. The molecule has 0 bridgehead atoms. The lowest BCUT2D eigenvalue weighted by Gasteiger charge is -2.15. The molecule has 0 radical (unpaired) electrons. The number of nitrogens with one attached hydrogen (secondary N) is 1. The summed E-state index contributed by atoms with van der Waals surface area (Å²) in [4.78, 5) is 23.2. The Morgan fingerprint density at radius 3 is 2.58 bits per heavy atom. The molecule has 2 N–H and O–H groups in total. The molecule has 0 saturated carbocycles. The lowest BCUT2D eigenvalue weighted by Crippen LogP contribution is -2.40. The highest BCUT2D eigenvalue weighted by Gasteiger charge is 2.19. The summed E-state index contributed by atoms with van der Waals surface area (Å²) in [5.41, 5.74) is 0.760. The van der Waals surface area contributed by atoms with Crippen LogP contribution in [0.5, 0.6) is 11.5 Å². The summed E-state index contributed by atoms with van der Waals surface area (Å²) in [7, 11) is 1.56. The lowest BCUT2D eigenvalue weighted by atomic mass is 10.0. The van der Waals surface area contributed by atoms with Crippen LogP contribution in [-0.2, 0) is 9.59 Å². The van der Waals surface area contributed by atoms with Crippen LogP contribution in [0.3, 0.4) is 0 Å². The number of methoxy groups -OCH3 is 1. The summed E-state index contributed by atoms with van der Waals surface area (Å²) in [6, 6.07) is 4.49. The van der Waals surface area contributed by atoms with Crippen LogP contribution in [0, 0.1) is 5.92 Å². The van der Waals surface area contributed by atoms with Crippen LogP contribution in [-0.4, -0.2) is 36.7 Å². The highest BCUT2D eigenvalue weighted by Crippen LogP contribution is 2.28. The summed E-state index contributed by atoms with van der Waals surface area (Å²) in [6.07, 6.45) is 5.33. The topological polar surface area (TPSA) is 84.9 Å². The fourth-order valence-electron chi connectivity index (χ4n) is 2.32. The number of hydrogen-bond acceptors (Lipinski definition) is 4. The predicted octanol–water partition coefficient (Wildman–Crippen LogP) is 3.50. The first kappa shape index (κ1) is 21.5. The van der Waals surface area contributed by atoms with E-state index >= 15 is 0 Å². The number of unbranched alkanes of at least 4 members (excludes halogenated alkanes) is 1. The number of carbonyl (C=O) groups excluding carboxylic acids is 1. The molecule has 6 nitrogen and oxygen atoms in total. The Morgan fingerprint density at radius 2 is 2.00 bits per heavy atom. The van der Waals surface area contributed by atoms with E-state index in [1.807, 2.05) is 19.9 Å². The summed E-state index contributed by atoms with van der Waals surface area (Å²) in [5, 5.41) is 11.7. The molecule has 0 spiro atoms. The highest BCUT2D eigenvalue weighted by molar-refractivity contribution is 5.94. The Morgan fingerprint density at radius 1 is 1.27 bits per heavy atom. The second kappa shape index (κ2) is 11.2. The Bertz CT molecular complexity index is 625. The second-order valence-electron chi connectivity index (χ2n) is 6.47. The zero-order chi connectivity index (χ0) is 19.5. The largest absolute Gasteiger partial charge is 0.493 e. The van der Waals surface area contributed by atoms with Crippen molar-refractivity contribution in [1.29, 1.82) is 0 Å². The SMILES string of the molecule is CCCCOc1ccc(/C=C/C(=O)N[C@H](CC(C)C)C(=O)O)cc1OC. The van der Waals surface area contributed by atoms with Crippen molar-refractivity contribution in [1.82, 2.24) is 5.32 Å². The minimum Gasteiger partial charge on any atom is -0.493 e. The zero-order valence-corrected chi connectivity index (χ0v) is 16.0. The number of ether oxygens (including phenoxy) is 2. The van der Waals surface area contributed by atoms with E-state index < -0.39 is 17.9 Å². The molecule has 0 aliphatic rings. The van der Waals surface area contributed by atoms with Crippen LogP contribution in [0.15, 0.2) is 24.3 Å². The van der Waals surface area contributed by atoms with Crippen molar-refractivity contribution in [3.63, 3.8) is 0 Å². The van der Waals surface area contributed by atoms with Gasteiger partial charge in [0.15, 0.2) is 11.5 Å². The molecule has 0 aliphatic carbocycles. The third kappa shape index (κ3) is 7.59. The standard InChI is InChI=1S/C20H29NO5/c1-5-6-11-26-17-9-7-15(13-18(17)25-4)8-10-19(22)21-16(20(23)24)12-14(2)3/h7-10,13-14,16H,5-6,11-12H2,1-4H3,(H,21,22)(H,23,24)/b10-8+/t16-/m1/s1. The number of carboxylic acid groups (broad SMARTS) is 1. The number of amides is 1. The van der Waals surface area contributed by atoms with Crippen LogP contribution in [0.25, 0.3) is 6.08 Å². The van der Waals surface area contributed by atoms with E-state index in [4.69, 9.17) is 9.47 Å². The van der Waals surface area contributed by atoms with E-state index in [2.05, 4.69) is 12.2 Å². The van der Waals surface area contributed by atoms with Crippen molar-refractivity contribution in [2.45, 2.75) is 46.1 Å². The molecule has 1 aromatic carbocycles. The molecule has 0 unspecified atom stereocenters. The van der Waals surface area contributed by atoms with Gasteiger partial charge in [-0.1, -0.05) is 33.3 Å². The van der Waals surface area contributed by atoms with Gasteiger partial charge in [-0.3, -0.25) is 4.79 Å². The average Bonchev–Trinajstić information content (AvgIpc) is 2.59. The summed E-state index contributed by atoms with van der Waals surface area (Å²) < 4.78 is 11.0. The normalized spacial score (nSPS) is 12.2. The van der Waals surface area contributed by atoms with Gasteiger partial charge in [0, 0.05) is 6.08 Å². The predicted molar refractivity (Wildman–Crippen MR) is 101 cm³/mol. The number of carboxylic acids is 1. The molecule has 0 saturated heterocycles. The monoisotopic (exact) mass is 363 g/mol. The first-order valence-electron chi connectivity index (χ1n) is 8.89. The number of carbonyl (C=O) groups is 2. The van der Waals surface area contributed by atoms with Gasteiger partial charge in [-0.05, 0) is 42.5 Å². The Labute approximate surface area is 155 Å². The first-order valence-corrected chi connectivity index (χ1v) is 8.89. The maximum Gasteiger partial charge on any atom is 0.326 e. The van der Waals surface area contributed by atoms with Gasteiger partial charge in [0.2, 0.25) is 5.91 Å². The maximum absolute atomic E-state index is 12.0. The number of benzene rings is 1. The van der Waals surface area contributed by atoms with Gasteiger partial charge in [0.1, 0.15) is 6.04 Å². The van der Waals surface area contributed by atoms with Crippen LogP contribution in [0.4, 0.5) is 0 Å². The lowest BCUT2D eigenvalue weighted by molar-refractivity contribution is -0.141. The molecule has 1 rings (SSSR count). The fraction of sp³-hybridized carbons (Fsp3) is 0.500. The van der Waals surface area contributed by atoms with E-state index in [0.717, 1.165) is 18.4 Å². The van der Waals surface area contributed by atoms with Gasteiger partial charge >= 0.3 is 5.97 Å². The van der Waals surface area contributed by atoms with Crippen molar-refractivity contribution < 1.29 is 24.2 Å². The van der Waals surface area contributed by atoms with Crippen molar-refractivity contribution in [2.75, 3.05) is 13.7 Å². The molecule has 0 aromatic heterocycles. The molecule has 0 heterocycles. The van der Waals surface area contributed by atoms with Crippen LogP contribution in [0.2, 0.25) is 0 Å². The number of aliphatic carboxylic acids is 1. The van der Waals surface area contributed by atoms with Gasteiger partial charge in [-0.15, -0.1) is 0 Å². The zero-order valence-electron chi connectivity index (χ0n) is 16.0. The fourth-order valence-corrected chi connectivity index (χ4v) is 2.32. The van der Waals surface area contributed by atoms with E-state index in [0.29, 0.717) is 24.5 Å². The van der Waals surface area contributed by atoms with E-state index in [1.54, 1.807) is 25.3 Å². The van der Waals surface area contributed by atoms with Crippen molar-refractivity contribution in [3.05, 3.63) is 29.8 Å².